The van der Waals surface area contributed by atoms with E-state index in [2.05, 4.69) is 9.88 Å². The molecule has 0 spiro atoms. The number of anilines is 1. The maximum Gasteiger partial charge on any atom is 0.0933 e. The third-order valence-corrected chi connectivity index (χ3v) is 2.65. The van der Waals surface area contributed by atoms with E-state index in [-0.39, 0.29) is 12.7 Å². The summed E-state index contributed by atoms with van der Waals surface area (Å²) in [6.07, 6.45) is 1.64. The Morgan fingerprint density at radius 1 is 1.62 bits per heavy atom. The van der Waals surface area contributed by atoms with Crippen LogP contribution < -0.4 is 5.73 Å². The van der Waals surface area contributed by atoms with Crippen LogP contribution >= 0.6 is 0 Å². The monoisotopic (exact) mass is 223 g/mol. The van der Waals surface area contributed by atoms with Gasteiger partial charge in [-0.1, -0.05) is 0 Å². The van der Waals surface area contributed by atoms with Crippen molar-refractivity contribution in [3.8, 4) is 0 Å². The molecule has 0 radical (unpaired) electrons. The Balaban J connectivity index is 1.94. The maximum absolute atomic E-state index is 9.03. The molecule has 1 aromatic rings. The Hall–Kier alpha value is -1.17. The fourth-order valence-corrected chi connectivity index (χ4v) is 1.85. The third kappa shape index (κ3) is 2.91. The summed E-state index contributed by atoms with van der Waals surface area (Å²) in [6.45, 7) is 3.10. The van der Waals surface area contributed by atoms with Gasteiger partial charge in [0.2, 0.25) is 0 Å². The van der Waals surface area contributed by atoms with Gasteiger partial charge < -0.3 is 15.6 Å². The first-order chi connectivity index (χ1) is 7.78. The number of hydrogen-bond donors (Lipinski definition) is 2. The zero-order valence-electron chi connectivity index (χ0n) is 9.17. The van der Waals surface area contributed by atoms with E-state index in [0.717, 1.165) is 31.0 Å². The molecule has 0 saturated carbocycles. The number of aromatic nitrogens is 1. The highest BCUT2D eigenvalue weighted by Gasteiger charge is 2.19. The van der Waals surface area contributed by atoms with E-state index in [1.54, 1.807) is 12.3 Å². The SMILES string of the molecule is Nc1ccnc(CN2CCOC(CO)C2)c1. The molecule has 0 aliphatic carbocycles. The van der Waals surface area contributed by atoms with Crippen LogP contribution in [0.4, 0.5) is 5.69 Å². The Morgan fingerprint density at radius 2 is 2.50 bits per heavy atom. The summed E-state index contributed by atoms with van der Waals surface area (Å²) in [5.41, 5.74) is 7.38. The standard InChI is InChI=1S/C11H17N3O2/c12-9-1-2-13-10(5-9)6-14-3-4-16-11(7-14)8-15/h1-2,5,11,15H,3-4,6-8H2,(H2,12,13). The molecule has 0 aromatic carbocycles. The molecule has 0 amide bonds. The highest BCUT2D eigenvalue weighted by atomic mass is 16.5. The molecule has 2 heterocycles. The Morgan fingerprint density at radius 3 is 3.25 bits per heavy atom. The van der Waals surface area contributed by atoms with Crippen molar-refractivity contribution in [2.75, 3.05) is 32.0 Å². The molecule has 1 fully saturated rings. The lowest BCUT2D eigenvalue weighted by atomic mass is 10.2. The van der Waals surface area contributed by atoms with Crippen molar-refractivity contribution in [1.82, 2.24) is 9.88 Å². The summed E-state index contributed by atoms with van der Waals surface area (Å²) in [4.78, 5) is 6.47. The van der Waals surface area contributed by atoms with Crippen LogP contribution in [0.15, 0.2) is 18.3 Å². The summed E-state index contributed by atoms with van der Waals surface area (Å²) in [6, 6.07) is 3.66. The van der Waals surface area contributed by atoms with Crippen LogP contribution in [0, 0.1) is 0 Å². The third-order valence-electron chi connectivity index (χ3n) is 2.65. The predicted molar refractivity (Wildman–Crippen MR) is 60.8 cm³/mol. The summed E-state index contributed by atoms with van der Waals surface area (Å²) >= 11 is 0. The lowest BCUT2D eigenvalue weighted by Crippen LogP contribution is -2.43. The average molecular weight is 223 g/mol. The molecule has 2 rings (SSSR count). The first kappa shape index (κ1) is 11.3. The maximum atomic E-state index is 9.03. The largest absolute Gasteiger partial charge is 0.399 e. The molecule has 16 heavy (non-hydrogen) atoms. The number of nitrogens with zero attached hydrogens (tertiary/aromatic N) is 2. The van der Waals surface area contributed by atoms with Gasteiger partial charge in [0.25, 0.3) is 0 Å². The number of rotatable bonds is 3. The molecule has 5 heteroatoms. The molecular weight excluding hydrogens is 206 g/mol. The number of aliphatic hydroxyl groups is 1. The van der Waals surface area contributed by atoms with Crippen LogP contribution in [0.2, 0.25) is 0 Å². The van der Waals surface area contributed by atoms with Crippen LogP contribution in [0.5, 0.6) is 0 Å². The Kier molecular flexibility index (Phi) is 3.71. The zero-order chi connectivity index (χ0) is 11.4. The second kappa shape index (κ2) is 5.25. The second-order valence-corrected chi connectivity index (χ2v) is 3.99. The van der Waals surface area contributed by atoms with Gasteiger partial charge in [-0.25, -0.2) is 0 Å². The molecule has 1 saturated heterocycles. The van der Waals surface area contributed by atoms with Gasteiger partial charge in [0, 0.05) is 31.5 Å². The number of ether oxygens (including phenoxy) is 1. The number of nitrogen functional groups attached to an aromatic ring is 1. The van der Waals surface area contributed by atoms with Gasteiger partial charge in [0.15, 0.2) is 0 Å². The van der Waals surface area contributed by atoms with Crippen molar-refractivity contribution >= 4 is 5.69 Å². The minimum atomic E-state index is -0.0743. The lowest BCUT2D eigenvalue weighted by Gasteiger charge is -2.31. The molecular formula is C11H17N3O2. The Bertz CT molecular complexity index is 346. The van der Waals surface area contributed by atoms with E-state index in [9.17, 15) is 0 Å². The number of morpholine rings is 1. The van der Waals surface area contributed by atoms with Crippen LogP contribution in [0.25, 0.3) is 0 Å². The van der Waals surface area contributed by atoms with E-state index in [0.29, 0.717) is 6.61 Å². The fourth-order valence-electron chi connectivity index (χ4n) is 1.85. The van der Waals surface area contributed by atoms with Crippen molar-refractivity contribution in [2.45, 2.75) is 12.6 Å². The topological polar surface area (TPSA) is 71.6 Å². The second-order valence-electron chi connectivity index (χ2n) is 3.99. The highest BCUT2D eigenvalue weighted by Crippen LogP contribution is 2.10. The van der Waals surface area contributed by atoms with Crippen LogP contribution in [0.1, 0.15) is 5.69 Å². The summed E-state index contributed by atoms with van der Waals surface area (Å²) < 4.78 is 5.38. The predicted octanol–water partition coefficient (Wildman–Crippen LogP) is -0.143. The van der Waals surface area contributed by atoms with Gasteiger partial charge >= 0.3 is 0 Å². The first-order valence-corrected chi connectivity index (χ1v) is 5.43. The van der Waals surface area contributed by atoms with E-state index in [1.807, 2.05) is 6.07 Å². The number of pyridine rings is 1. The van der Waals surface area contributed by atoms with Gasteiger partial charge in [0.1, 0.15) is 0 Å². The van der Waals surface area contributed by atoms with Gasteiger partial charge in [0.05, 0.1) is 25.0 Å². The van der Waals surface area contributed by atoms with Gasteiger partial charge in [-0.3, -0.25) is 9.88 Å². The molecule has 1 unspecified atom stereocenters. The zero-order valence-corrected chi connectivity index (χ0v) is 9.17. The van der Waals surface area contributed by atoms with E-state index in [1.165, 1.54) is 0 Å². The minimum Gasteiger partial charge on any atom is -0.399 e. The molecule has 5 nitrogen and oxygen atoms in total. The quantitative estimate of drug-likeness (QED) is 0.746. The van der Waals surface area contributed by atoms with Gasteiger partial charge in [-0.15, -0.1) is 0 Å². The molecule has 1 aliphatic heterocycles. The number of hydrogen-bond acceptors (Lipinski definition) is 5. The molecule has 1 atom stereocenters. The van der Waals surface area contributed by atoms with Crippen LogP contribution in [-0.4, -0.2) is 47.4 Å². The average Bonchev–Trinajstić information content (AvgIpc) is 2.29. The molecule has 0 bridgehead atoms. The summed E-state index contributed by atoms with van der Waals surface area (Å²) in [5, 5.41) is 9.03. The molecule has 3 N–H and O–H groups in total. The summed E-state index contributed by atoms with van der Waals surface area (Å²) in [7, 11) is 0. The van der Waals surface area contributed by atoms with E-state index < -0.39 is 0 Å². The van der Waals surface area contributed by atoms with Crippen molar-refractivity contribution in [2.24, 2.45) is 0 Å². The van der Waals surface area contributed by atoms with Gasteiger partial charge in [-0.05, 0) is 12.1 Å². The van der Waals surface area contributed by atoms with Crippen molar-refractivity contribution < 1.29 is 9.84 Å². The normalized spacial score (nSPS) is 22.2. The molecule has 1 aromatic heterocycles. The smallest absolute Gasteiger partial charge is 0.0933 e. The first-order valence-electron chi connectivity index (χ1n) is 5.43. The molecule has 88 valence electrons. The lowest BCUT2D eigenvalue weighted by molar-refractivity contribution is -0.0553. The summed E-state index contributed by atoms with van der Waals surface area (Å²) in [5.74, 6) is 0. The number of aliphatic hydroxyl groups excluding tert-OH is 1. The van der Waals surface area contributed by atoms with Crippen molar-refractivity contribution in [3.63, 3.8) is 0 Å². The van der Waals surface area contributed by atoms with E-state index >= 15 is 0 Å². The minimum absolute atomic E-state index is 0.0703. The Labute approximate surface area is 94.8 Å². The van der Waals surface area contributed by atoms with Gasteiger partial charge in [-0.2, -0.15) is 0 Å². The van der Waals surface area contributed by atoms with Crippen molar-refractivity contribution in [1.29, 1.82) is 0 Å². The van der Waals surface area contributed by atoms with Crippen LogP contribution in [0.3, 0.4) is 0 Å². The van der Waals surface area contributed by atoms with E-state index in [4.69, 9.17) is 15.6 Å². The van der Waals surface area contributed by atoms with Crippen molar-refractivity contribution in [3.05, 3.63) is 24.0 Å². The highest BCUT2D eigenvalue weighted by molar-refractivity contribution is 5.37. The molecule has 1 aliphatic rings. The fraction of sp³-hybridized carbons (Fsp3) is 0.545. The number of nitrogens with two attached hydrogens (primary N) is 1. The van der Waals surface area contributed by atoms with Crippen LogP contribution in [-0.2, 0) is 11.3 Å².